The fourth-order valence-electron chi connectivity index (χ4n) is 3.59. The molecule has 0 saturated heterocycles. The van der Waals surface area contributed by atoms with E-state index >= 15 is 0 Å². The molecule has 30 heavy (non-hydrogen) atoms. The van der Waals surface area contributed by atoms with E-state index in [0.717, 1.165) is 45.5 Å². The summed E-state index contributed by atoms with van der Waals surface area (Å²) < 4.78 is 40.8. The number of thiophene rings is 1. The van der Waals surface area contributed by atoms with E-state index in [0.29, 0.717) is 10.2 Å². The number of hydrogen-bond acceptors (Lipinski definition) is 5. The predicted octanol–water partition coefficient (Wildman–Crippen LogP) is 3.59. The van der Waals surface area contributed by atoms with Crippen LogP contribution in [0.5, 0.6) is 0 Å². The van der Waals surface area contributed by atoms with Gasteiger partial charge in [-0.15, -0.1) is 11.3 Å². The molecule has 3 aromatic heterocycles. The lowest BCUT2D eigenvalue weighted by Gasteiger charge is -2.13. The van der Waals surface area contributed by atoms with Gasteiger partial charge in [0, 0.05) is 4.88 Å². The molecular formula is C18H17ClF3N5O2S. The average molecular weight is 460 g/mol. The second-order valence-electron chi connectivity index (χ2n) is 7.13. The Morgan fingerprint density at radius 1 is 1.27 bits per heavy atom. The van der Waals surface area contributed by atoms with E-state index in [4.69, 9.17) is 11.6 Å². The molecule has 7 nitrogen and oxygen atoms in total. The average Bonchev–Trinajstić information content (AvgIpc) is 3.17. The van der Waals surface area contributed by atoms with Gasteiger partial charge in [-0.1, -0.05) is 11.6 Å². The van der Waals surface area contributed by atoms with Crippen molar-refractivity contribution in [2.75, 3.05) is 5.43 Å². The van der Waals surface area contributed by atoms with Crippen LogP contribution < -0.4 is 11.0 Å². The molecule has 160 valence electrons. The Labute approximate surface area is 177 Å². The number of nitrogens with one attached hydrogen (secondary N) is 1. The van der Waals surface area contributed by atoms with E-state index in [1.54, 1.807) is 6.92 Å². The Hall–Kier alpha value is -2.40. The minimum Gasteiger partial charge on any atom is -0.271 e. The SMILES string of the molecule is Cc1c(Cl)c(C(F)(F)F)nn1CC(=O)Nn1c(C)nc2sc3c(c2c1=O)CCCC3. The number of aromatic nitrogens is 4. The topological polar surface area (TPSA) is 81.8 Å². The molecule has 4 rings (SSSR count). The van der Waals surface area contributed by atoms with Crippen molar-refractivity contribution in [3.8, 4) is 0 Å². The summed E-state index contributed by atoms with van der Waals surface area (Å²) in [6, 6.07) is 0. The van der Waals surface area contributed by atoms with Crippen LogP contribution in [0.25, 0.3) is 10.2 Å². The van der Waals surface area contributed by atoms with E-state index < -0.39 is 34.9 Å². The Bertz CT molecular complexity index is 1230. The standard InChI is InChI=1S/C18H17ClF3N5O2S/c1-8-14(19)15(18(20,21)22)25-26(8)7-12(28)24-27-9(2)23-16-13(17(27)29)10-5-3-4-6-11(10)30-16/h3-7H2,1-2H3,(H,24,28). The van der Waals surface area contributed by atoms with Crippen LogP contribution in [-0.2, 0) is 30.4 Å². The molecular weight excluding hydrogens is 443 g/mol. The highest BCUT2D eigenvalue weighted by Crippen LogP contribution is 2.35. The van der Waals surface area contributed by atoms with Crippen molar-refractivity contribution in [3.63, 3.8) is 0 Å². The fourth-order valence-corrected chi connectivity index (χ4v) is 5.13. The lowest BCUT2D eigenvalue weighted by atomic mass is 9.97. The zero-order valence-electron chi connectivity index (χ0n) is 16.1. The smallest absolute Gasteiger partial charge is 0.271 e. The van der Waals surface area contributed by atoms with Crippen molar-refractivity contribution in [1.82, 2.24) is 19.4 Å². The molecule has 0 radical (unpaired) electrons. The Balaban J connectivity index is 1.65. The molecule has 3 heterocycles. The Kier molecular flexibility index (Phi) is 5.13. The van der Waals surface area contributed by atoms with Crippen LogP contribution in [-0.4, -0.2) is 25.3 Å². The van der Waals surface area contributed by atoms with E-state index in [9.17, 15) is 22.8 Å². The largest absolute Gasteiger partial charge is 0.436 e. The summed E-state index contributed by atoms with van der Waals surface area (Å²) in [7, 11) is 0. The highest BCUT2D eigenvalue weighted by Gasteiger charge is 2.38. The molecule has 0 spiro atoms. The van der Waals surface area contributed by atoms with Gasteiger partial charge in [-0.2, -0.15) is 18.3 Å². The number of halogens is 4. The number of nitrogens with zero attached hydrogens (tertiary/aromatic N) is 4. The predicted molar refractivity (Wildman–Crippen MR) is 107 cm³/mol. The third-order valence-electron chi connectivity index (χ3n) is 5.09. The van der Waals surface area contributed by atoms with Crippen molar-refractivity contribution in [2.45, 2.75) is 52.3 Å². The van der Waals surface area contributed by atoms with E-state index in [1.165, 1.54) is 18.3 Å². The van der Waals surface area contributed by atoms with Crippen LogP contribution in [0.3, 0.4) is 0 Å². The van der Waals surface area contributed by atoms with Crippen molar-refractivity contribution in [2.24, 2.45) is 0 Å². The zero-order valence-corrected chi connectivity index (χ0v) is 17.6. The summed E-state index contributed by atoms with van der Waals surface area (Å²) in [4.78, 5) is 31.8. The molecule has 0 aromatic carbocycles. The summed E-state index contributed by atoms with van der Waals surface area (Å²) in [6.45, 7) is 2.38. The Morgan fingerprint density at radius 2 is 1.97 bits per heavy atom. The van der Waals surface area contributed by atoms with Gasteiger partial charge in [0.2, 0.25) is 0 Å². The summed E-state index contributed by atoms with van der Waals surface area (Å²) in [5, 5.41) is 3.34. The molecule has 0 saturated carbocycles. The van der Waals surface area contributed by atoms with Crippen molar-refractivity contribution < 1.29 is 18.0 Å². The number of fused-ring (bicyclic) bond motifs is 3. The number of carbonyl (C=O) groups excluding carboxylic acids is 1. The van der Waals surface area contributed by atoms with E-state index in [1.807, 2.05) is 0 Å². The van der Waals surface area contributed by atoms with E-state index in [2.05, 4.69) is 15.5 Å². The maximum Gasteiger partial charge on any atom is 0.436 e. The molecule has 0 bridgehead atoms. The molecule has 1 N–H and O–H groups in total. The highest BCUT2D eigenvalue weighted by atomic mass is 35.5. The number of aryl methyl sites for hydroxylation is 3. The van der Waals surface area contributed by atoms with E-state index in [-0.39, 0.29) is 11.5 Å². The summed E-state index contributed by atoms with van der Waals surface area (Å²) in [5.74, 6) is -0.438. The van der Waals surface area contributed by atoms with Gasteiger partial charge in [0.25, 0.3) is 11.5 Å². The lowest BCUT2D eigenvalue weighted by Crippen LogP contribution is -2.37. The van der Waals surface area contributed by atoms with Crippen molar-refractivity contribution >= 4 is 39.1 Å². The fraction of sp³-hybridized carbons (Fsp3) is 0.444. The van der Waals surface area contributed by atoms with Crippen molar-refractivity contribution in [1.29, 1.82) is 0 Å². The molecule has 0 unspecified atom stereocenters. The maximum atomic E-state index is 13.0. The second kappa shape index (κ2) is 7.38. The van der Waals surface area contributed by atoms with Crippen molar-refractivity contribution in [3.05, 3.63) is 43.0 Å². The number of carbonyl (C=O) groups is 1. The number of alkyl halides is 3. The highest BCUT2D eigenvalue weighted by molar-refractivity contribution is 7.18. The van der Waals surface area contributed by atoms with Crippen LogP contribution >= 0.6 is 22.9 Å². The van der Waals surface area contributed by atoms with Gasteiger partial charge < -0.3 is 0 Å². The van der Waals surface area contributed by atoms with Crippen LogP contribution in [0.2, 0.25) is 5.02 Å². The van der Waals surface area contributed by atoms with Crippen LogP contribution in [0.4, 0.5) is 13.2 Å². The quantitative estimate of drug-likeness (QED) is 0.649. The van der Waals surface area contributed by atoms with Gasteiger partial charge in [0.05, 0.1) is 16.1 Å². The summed E-state index contributed by atoms with van der Waals surface area (Å²) in [5.41, 5.74) is 1.77. The van der Waals surface area contributed by atoms with Gasteiger partial charge in [0.1, 0.15) is 17.2 Å². The first-order valence-electron chi connectivity index (χ1n) is 9.21. The van der Waals surface area contributed by atoms with Gasteiger partial charge >= 0.3 is 6.18 Å². The first-order chi connectivity index (χ1) is 14.1. The molecule has 3 aromatic rings. The molecule has 1 aliphatic carbocycles. The lowest BCUT2D eigenvalue weighted by molar-refractivity contribution is -0.141. The van der Waals surface area contributed by atoms with Gasteiger partial charge in [-0.05, 0) is 45.1 Å². The number of amides is 1. The van der Waals surface area contributed by atoms with Crippen LogP contribution in [0, 0.1) is 13.8 Å². The molecule has 12 heteroatoms. The summed E-state index contributed by atoms with van der Waals surface area (Å²) in [6.07, 6.45) is -0.991. The molecule has 0 fully saturated rings. The third-order valence-corrected chi connectivity index (χ3v) is 6.73. The normalized spacial score (nSPS) is 14.2. The van der Waals surface area contributed by atoms with Gasteiger partial charge in [-0.25, -0.2) is 9.66 Å². The zero-order chi connectivity index (χ0) is 21.8. The third kappa shape index (κ3) is 3.49. The second-order valence-corrected chi connectivity index (χ2v) is 8.59. The number of hydrogen-bond donors (Lipinski definition) is 1. The first kappa shape index (κ1) is 20.9. The maximum absolute atomic E-state index is 13.0. The van der Waals surface area contributed by atoms with Crippen LogP contribution in [0.15, 0.2) is 4.79 Å². The Morgan fingerprint density at radius 3 is 2.63 bits per heavy atom. The first-order valence-corrected chi connectivity index (χ1v) is 10.4. The molecule has 0 aliphatic heterocycles. The molecule has 1 aliphatic rings. The summed E-state index contributed by atoms with van der Waals surface area (Å²) >= 11 is 7.21. The van der Waals surface area contributed by atoms with Gasteiger partial charge in [-0.3, -0.25) is 19.7 Å². The monoisotopic (exact) mass is 459 g/mol. The minimum absolute atomic E-state index is 0.00342. The molecule has 1 amide bonds. The molecule has 0 atom stereocenters. The minimum atomic E-state index is -4.73. The van der Waals surface area contributed by atoms with Crippen LogP contribution in [0.1, 0.15) is 40.5 Å². The number of rotatable bonds is 3. The van der Waals surface area contributed by atoms with Gasteiger partial charge in [0.15, 0.2) is 5.69 Å².